The van der Waals surface area contributed by atoms with Crippen LogP contribution < -0.4 is 19.7 Å². The average Bonchev–Trinajstić information content (AvgIpc) is 3.77. The van der Waals surface area contributed by atoms with Gasteiger partial charge in [-0.2, -0.15) is 0 Å². The van der Waals surface area contributed by atoms with Crippen molar-refractivity contribution in [2.24, 2.45) is 5.41 Å². The van der Waals surface area contributed by atoms with Crippen molar-refractivity contribution in [3.8, 4) is 11.5 Å². The molecule has 2 saturated heterocycles. The van der Waals surface area contributed by atoms with E-state index >= 15 is 0 Å². The fourth-order valence-electron chi connectivity index (χ4n) is 8.75. The number of hydrogen-bond acceptors (Lipinski definition) is 13. The number of H-pyrrole nitrogens is 1. The summed E-state index contributed by atoms with van der Waals surface area (Å²) in [5.41, 5.74) is 5.38. The number of benzene rings is 3. The molecule has 1 amide bonds. The summed E-state index contributed by atoms with van der Waals surface area (Å²) in [5.74, 6) is -0.505. The molecule has 1 unspecified atom stereocenters. The molecule has 3 aromatic carbocycles. The van der Waals surface area contributed by atoms with Crippen molar-refractivity contribution in [2.45, 2.75) is 44.1 Å². The first-order valence-electron chi connectivity index (χ1n) is 21.9. The van der Waals surface area contributed by atoms with Crippen molar-refractivity contribution in [2.75, 3.05) is 89.4 Å². The number of nitrogens with one attached hydrogen (secondary N) is 3. The summed E-state index contributed by atoms with van der Waals surface area (Å²) in [6.07, 6.45) is 6.21. The number of sulfonamides is 1. The highest BCUT2D eigenvalue weighted by molar-refractivity contribution is 7.90. The maximum absolute atomic E-state index is 14.0. The first kappa shape index (κ1) is 46.0. The number of amides is 1. The summed E-state index contributed by atoms with van der Waals surface area (Å²) in [6, 6.07) is 20.3. The molecule has 344 valence electrons. The minimum Gasteiger partial charge on any atom is -0.455 e. The van der Waals surface area contributed by atoms with Crippen LogP contribution in [0.5, 0.6) is 11.5 Å². The second kappa shape index (κ2) is 19.9. The number of fused-ring (bicyclic) bond motifs is 1. The summed E-state index contributed by atoms with van der Waals surface area (Å²) < 4.78 is 47.0. The maximum atomic E-state index is 14.0. The van der Waals surface area contributed by atoms with Crippen molar-refractivity contribution >= 4 is 61.2 Å². The Hall–Kier alpha value is -5.56. The van der Waals surface area contributed by atoms with Crippen LogP contribution >= 0.6 is 11.6 Å². The molecule has 0 saturated carbocycles. The quantitative estimate of drug-likeness (QED) is 0.0651. The number of rotatable bonds is 16. The van der Waals surface area contributed by atoms with Crippen LogP contribution in [0.3, 0.4) is 0 Å². The monoisotopic (exact) mass is 926 g/mol. The van der Waals surface area contributed by atoms with Gasteiger partial charge >= 0.3 is 0 Å². The summed E-state index contributed by atoms with van der Waals surface area (Å²) in [4.78, 5) is 39.4. The molecule has 4 heterocycles. The van der Waals surface area contributed by atoms with Crippen LogP contribution in [0.4, 0.5) is 17.1 Å². The van der Waals surface area contributed by atoms with Crippen LogP contribution in [0.1, 0.15) is 49.0 Å². The number of nitro groups is 1. The lowest BCUT2D eigenvalue weighted by atomic mass is 9.72. The number of nitrogens with zero attached hydrogens (tertiary/aromatic N) is 5. The molecule has 2 aliphatic heterocycles. The lowest BCUT2D eigenvalue weighted by Crippen LogP contribution is -2.47. The molecule has 0 spiro atoms. The standard InChI is InChI=1S/C47H55ClN8O8S/c1-47(2)14-12-34(41(27-47)32-4-6-35(48)7-5-32)30-53-16-18-55(19-17-53)36-8-10-40(44(25-36)64-37-24-33-13-15-49-45(33)51-28-37)46(57)52-65(60,61)39-9-11-42(43(26-39)56(58)59)50-29-38-31-54(20-22-62-3)21-23-63-38/h4-11,13,15,24-26,28,38,50H,12,14,16-23,27,29-31H2,1-3H3,(H,49,51)(H,52,57). The summed E-state index contributed by atoms with van der Waals surface area (Å²) in [5, 5.41) is 16.8. The summed E-state index contributed by atoms with van der Waals surface area (Å²) in [7, 11) is -2.96. The smallest absolute Gasteiger partial charge is 0.293 e. The molecule has 0 radical (unpaired) electrons. The van der Waals surface area contributed by atoms with E-state index in [0.717, 1.165) is 87.2 Å². The molecule has 2 fully saturated rings. The minimum absolute atomic E-state index is 0.0492. The predicted octanol–water partition coefficient (Wildman–Crippen LogP) is 7.58. The van der Waals surface area contributed by atoms with E-state index in [9.17, 15) is 23.3 Å². The van der Waals surface area contributed by atoms with Gasteiger partial charge in [-0.25, -0.2) is 18.1 Å². The van der Waals surface area contributed by atoms with Gasteiger partial charge in [0.15, 0.2) is 0 Å². The van der Waals surface area contributed by atoms with E-state index in [2.05, 4.69) is 60.7 Å². The van der Waals surface area contributed by atoms with Crippen LogP contribution in [-0.2, 0) is 19.5 Å². The Kier molecular flexibility index (Phi) is 14.1. The lowest BCUT2D eigenvalue weighted by Gasteiger charge is -2.39. The molecule has 0 bridgehead atoms. The van der Waals surface area contributed by atoms with Crippen molar-refractivity contribution < 1.29 is 32.3 Å². The van der Waals surface area contributed by atoms with E-state index in [1.54, 1.807) is 31.5 Å². The zero-order valence-electron chi connectivity index (χ0n) is 36.8. The lowest BCUT2D eigenvalue weighted by molar-refractivity contribution is -0.384. The Bertz CT molecular complexity index is 2670. The number of carbonyl (C=O) groups is 1. The molecular formula is C47H55ClN8O8S. The third-order valence-corrected chi connectivity index (χ3v) is 14.0. The second-order valence-electron chi connectivity index (χ2n) is 17.6. The van der Waals surface area contributed by atoms with Crippen LogP contribution in [0, 0.1) is 15.5 Å². The zero-order chi connectivity index (χ0) is 45.7. The van der Waals surface area contributed by atoms with Gasteiger partial charge in [0.25, 0.3) is 21.6 Å². The van der Waals surface area contributed by atoms with E-state index in [1.165, 1.54) is 41.1 Å². The molecule has 18 heteroatoms. The van der Waals surface area contributed by atoms with Gasteiger partial charge in [0.1, 0.15) is 22.8 Å². The molecular weight excluding hydrogens is 872 g/mol. The van der Waals surface area contributed by atoms with Gasteiger partial charge in [0.2, 0.25) is 0 Å². The van der Waals surface area contributed by atoms with Gasteiger partial charge < -0.3 is 29.4 Å². The average molecular weight is 928 g/mol. The van der Waals surface area contributed by atoms with Gasteiger partial charge in [-0.3, -0.25) is 24.7 Å². The number of allylic oxidation sites excluding steroid dienone is 1. The molecule has 8 rings (SSSR count). The Morgan fingerprint density at radius 2 is 1.83 bits per heavy atom. The molecule has 16 nitrogen and oxygen atoms in total. The van der Waals surface area contributed by atoms with Gasteiger partial charge in [0.05, 0.1) is 40.9 Å². The highest BCUT2D eigenvalue weighted by atomic mass is 35.5. The molecule has 1 atom stereocenters. The first-order chi connectivity index (χ1) is 31.2. The van der Waals surface area contributed by atoms with Crippen LogP contribution in [0.25, 0.3) is 16.6 Å². The summed E-state index contributed by atoms with van der Waals surface area (Å²) in [6.45, 7) is 12.0. The number of piperazine rings is 1. The van der Waals surface area contributed by atoms with E-state index in [0.29, 0.717) is 31.2 Å². The fraction of sp³-hybridized carbons (Fsp3) is 0.404. The van der Waals surface area contributed by atoms with Gasteiger partial charge in [-0.15, -0.1) is 0 Å². The van der Waals surface area contributed by atoms with Crippen LogP contribution in [0.15, 0.2) is 95.7 Å². The SMILES string of the molecule is COCCN1CCOC(CNc2ccc(S(=O)(=O)NC(=O)c3ccc(N4CCN(CC5=C(c6ccc(Cl)cc6)CC(C)(C)CC5)CC4)cc3Oc3cnc4[nH]ccc4c3)cc2[N+](=O)[O-])C1. The number of morpholine rings is 1. The number of carbonyl (C=O) groups excluding carboxylic acids is 1. The maximum Gasteiger partial charge on any atom is 0.293 e. The Balaban J connectivity index is 0.983. The fourth-order valence-corrected chi connectivity index (χ4v) is 9.86. The van der Waals surface area contributed by atoms with Gasteiger partial charge in [0, 0.05) is 100 Å². The van der Waals surface area contributed by atoms with Crippen molar-refractivity contribution in [1.29, 1.82) is 0 Å². The molecule has 5 aromatic rings. The molecule has 2 aromatic heterocycles. The largest absolute Gasteiger partial charge is 0.455 e. The Morgan fingerprint density at radius 3 is 2.60 bits per heavy atom. The Labute approximate surface area is 384 Å². The predicted molar refractivity (Wildman–Crippen MR) is 252 cm³/mol. The topological polar surface area (TPSA) is 184 Å². The number of anilines is 2. The molecule has 3 aliphatic rings. The normalized spacial score (nSPS) is 18.5. The van der Waals surface area contributed by atoms with E-state index in [1.807, 2.05) is 18.2 Å². The third-order valence-electron chi connectivity index (χ3n) is 12.4. The van der Waals surface area contributed by atoms with E-state index < -0.39 is 31.4 Å². The van der Waals surface area contributed by atoms with E-state index in [-0.39, 0.29) is 35.1 Å². The van der Waals surface area contributed by atoms with Crippen LogP contribution in [-0.4, -0.2) is 124 Å². The number of methoxy groups -OCH3 is 1. The summed E-state index contributed by atoms with van der Waals surface area (Å²) >= 11 is 6.25. The number of hydrogen-bond donors (Lipinski definition) is 3. The molecule has 65 heavy (non-hydrogen) atoms. The number of halogens is 1. The van der Waals surface area contributed by atoms with E-state index in [4.69, 9.17) is 25.8 Å². The van der Waals surface area contributed by atoms with Crippen molar-refractivity contribution in [1.82, 2.24) is 24.5 Å². The number of ether oxygens (including phenoxy) is 3. The Morgan fingerprint density at radius 1 is 1.03 bits per heavy atom. The van der Waals surface area contributed by atoms with Crippen molar-refractivity contribution in [3.05, 3.63) is 117 Å². The minimum atomic E-state index is -4.59. The van der Waals surface area contributed by atoms with Gasteiger partial charge in [-0.05, 0) is 84.3 Å². The number of aromatic nitrogens is 2. The highest BCUT2D eigenvalue weighted by Crippen LogP contribution is 2.43. The third kappa shape index (κ3) is 11.3. The zero-order valence-corrected chi connectivity index (χ0v) is 38.4. The molecule has 1 aliphatic carbocycles. The number of pyridine rings is 1. The van der Waals surface area contributed by atoms with Crippen molar-refractivity contribution in [3.63, 3.8) is 0 Å². The number of nitro benzene ring substituents is 1. The van der Waals surface area contributed by atoms with Crippen LogP contribution in [0.2, 0.25) is 5.02 Å². The number of aromatic amines is 1. The van der Waals surface area contributed by atoms with Gasteiger partial charge in [-0.1, -0.05) is 43.2 Å². The highest BCUT2D eigenvalue weighted by Gasteiger charge is 2.31. The first-order valence-corrected chi connectivity index (χ1v) is 23.7. The molecule has 3 N–H and O–H groups in total. The second-order valence-corrected chi connectivity index (χ2v) is 19.7.